The van der Waals surface area contributed by atoms with E-state index in [1.54, 1.807) is 23.8 Å². The smallest absolute Gasteiger partial charge is 0.490 e. The summed E-state index contributed by atoms with van der Waals surface area (Å²) in [7, 11) is -1.70. The first-order chi connectivity index (χ1) is 16.4. The number of rotatable bonds is 4. The number of fused-ring (bicyclic) bond motifs is 1. The van der Waals surface area contributed by atoms with Crippen molar-refractivity contribution in [3.8, 4) is 5.75 Å². The molecular weight excluding hydrogens is 489 g/mol. The van der Waals surface area contributed by atoms with E-state index in [0.717, 1.165) is 29.8 Å². The molecule has 1 aromatic heterocycles. The summed E-state index contributed by atoms with van der Waals surface area (Å²) in [6.07, 6.45) is -0.0318. The second kappa shape index (κ2) is 10.8. The monoisotopic (exact) mass is 516 g/mol. The molecule has 2 atom stereocenters. The van der Waals surface area contributed by atoms with Crippen LogP contribution >= 0.6 is 0 Å². The van der Waals surface area contributed by atoms with Gasteiger partial charge in [0, 0.05) is 38.6 Å². The lowest BCUT2D eigenvalue weighted by Crippen LogP contribution is -2.32. The van der Waals surface area contributed by atoms with Gasteiger partial charge in [-0.1, -0.05) is 12.1 Å². The molecule has 3 heterocycles. The van der Waals surface area contributed by atoms with Gasteiger partial charge in [0.05, 0.1) is 12.4 Å². The zero-order valence-corrected chi connectivity index (χ0v) is 20.1. The minimum Gasteiger partial charge on any atom is -0.497 e. The molecule has 13 heteroatoms. The van der Waals surface area contributed by atoms with Gasteiger partial charge in [0.1, 0.15) is 5.75 Å². The summed E-state index contributed by atoms with van der Waals surface area (Å²) in [5.74, 6) is -1.17. The van der Waals surface area contributed by atoms with Gasteiger partial charge in [0.25, 0.3) is 0 Å². The van der Waals surface area contributed by atoms with Crippen LogP contribution in [0.3, 0.4) is 0 Å². The Hall–Kier alpha value is -2.93. The molecule has 2 aliphatic heterocycles. The second-order valence-electron chi connectivity index (χ2n) is 8.42. The van der Waals surface area contributed by atoms with Crippen LogP contribution in [-0.4, -0.2) is 71.9 Å². The highest BCUT2D eigenvalue weighted by atomic mass is 32.2. The van der Waals surface area contributed by atoms with E-state index in [1.807, 2.05) is 31.2 Å². The molecule has 2 aromatic rings. The maximum atomic E-state index is 13.2. The van der Waals surface area contributed by atoms with Crippen molar-refractivity contribution in [1.29, 1.82) is 0 Å². The topological polar surface area (TPSA) is 113 Å². The predicted molar refractivity (Wildman–Crippen MR) is 122 cm³/mol. The minimum absolute atomic E-state index is 0.144. The molecule has 2 aliphatic rings. The van der Waals surface area contributed by atoms with Crippen LogP contribution in [0.15, 0.2) is 36.7 Å². The molecule has 0 saturated carbocycles. The molecule has 35 heavy (non-hydrogen) atoms. The van der Waals surface area contributed by atoms with Crippen LogP contribution in [-0.2, 0) is 21.4 Å². The average Bonchev–Trinajstić information content (AvgIpc) is 2.93. The number of alkyl halides is 3. The van der Waals surface area contributed by atoms with Gasteiger partial charge in [-0.25, -0.2) is 23.2 Å². The number of carbonyl (C=O) groups is 1. The molecule has 192 valence electrons. The van der Waals surface area contributed by atoms with Crippen LogP contribution in [0, 0.1) is 12.8 Å². The first-order valence-electron chi connectivity index (χ1n) is 10.9. The average molecular weight is 517 g/mol. The third-order valence-corrected chi connectivity index (χ3v) is 8.33. The number of ether oxygens (including phenoxy) is 1. The van der Waals surface area contributed by atoms with Gasteiger partial charge in [-0.2, -0.15) is 17.5 Å². The van der Waals surface area contributed by atoms with E-state index in [1.165, 1.54) is 0 Å². The summed E-state index contributed by atoms with van der Waals surface area (Å²) in [5, 5.41) is 6.80. The number of halogens is 3. The fourth-order valence-corrected chi connectivity index (χ4v) is 6.40. The quantitative estimate of drug-likeness (QED) is 0.660. The van der Waals surface area contributed by atoms with E-state index >= 15 is 0 Å². The molecule has 4 rings (SSSR count). The molecule has 0 aliphatic carbocycles. The Labute approximate surface area is 201 Å². The first-order valence-corrected chi connectivity index (χ1v) is 12.4. The van der Waals surface area contributed by atoms with Gasteiger partial charge in [-0.3, -0.25) is 0 Å². The lowest BCUT2D eigenvalue weighted by Gasteiger charge is -2.22. The first kappa shape index (κ1) is 26.7. The van der Waals surface area contributed by atoms with Gasteiger partial charge >= 0.3 is 12.1 Å². The Balaban J connectivity index is 0.000000429. The highest BCUT2D eigenvalue weighted by Crippen LogP contribution is 2.36. The number of sulfonamides is 1. The van der Waals surface area contributed by atoms with Gasteiger partial charge < -0.3 is 14.7 Å². The highest BCUT2D eigenvalue weighted by Gasteiger charge is 2.47. The third kappa shape index (κ3) is 6.60. The molecular formula is C22H27F3N4O5S. The Bertz CT molecular complexity index is 1130. The van der Waals surface area contributed by atoms with Crippen molar-refractivity contribution < 1.29 is 36.2 Å². The van der Waals surface area contributed by atoms with E-state index in [0.29, 0.717) is 32.0 Å². The van der Waals surface area contributed by atoms with Crippen molar-refractivity contribution >= 4 is 21.9 Å². The molecule has 2 saturated heterocycles. The molecule has 2 fully saturated rings. The number of anilines is 1. The maximum Gasteiger partial charge on any atom is 0.490 e. The number of methoxy groups -OCH3 is 1. The zero-order chi connectivity index (χ0) is 25.8. The Morgan fingerprint density at radius 1 is 1.20 bits per heavy atom. The number of nitrogens with zero attached hydrogens (tertiary/aromatic N) is 4. The van der Waals surface area contributed by atoms with Gasteiger partial charge in [0.2, 0.25) is 16.0 Å². The number of carboxylic acids is 1. The zero-order valence-electron chi connectivity index (χ0n) is 19.3. The van der Waals surface area contributed by atoms with Gasteiger partial charge in [-0.15, -0.1) is 0 Å². The maximum absolute atomic E-state index is 13.2. The van der Waals surface area contributed by atoms with Crippen molar-refractivity contribution in [2.75, 3.05) is 31.6 Å². The fourth-order valence-electron chi connectivity index (χ4n) is 4.17. The number of carboxylic acid groups (broad SMARTS) is 1. The lowest BCUT2D eigenvalue weighted by molar-refractivity contribution is -0.192. The van der Waals surface area contributed by atoms with Crippen molar-refractivity contribution in [2.24, 2.45) is 5.92 Å². The third-order valence-electron chi connectivity index (χ3n) is 5.95. The SMILES string of the molecule is COc1cccc(CN2C[C@H]3CCN(c4ncc(C)cn4)CC[C@H]3S2(=O)=O)c1.O=C(O)C(F)(F)F. The Morgan fingerprint density at radius 2 is 1.83 bits per heavy atom. The fraction of sp³-hybridized carbons (Fsp3) is 0.500. The van der Waals surface area contributed by atoms with Gasteiger partial charge in [-0.05, 0) is 48.9 Å². The van der Waals surface area contributed by atoms with Crippen molar-refractivity contribution in [3.63, 3.8) is 0 Å². The number of aromatic nitrogens is 2. The van der Waals surface area contributed by atoms with Crippen molar-refractivity contribution in [3.05, 3.63) is 47.8 Å². The molecule has 0 unspecified atom stereocenters. The number of aryl methyl sites for hydroxylation is 1. The number of hydrogen-bond acceptors (Lipinski definition) is 7. The van der Waals surface area contributed by atoms with E-state index in [9.17, 15) is 21.6 Å². The number of benzene rings is 1. The van der Waals surface area contributed by atoms with Crippen LogP contribution < -0.4 is 9.64 Å². The summed E-state index contributed by atoms with van der Waals surface area (Å²) >= 11 is 0. The molecule has 1 N–H and O–H groups in total. The van der Waals surface area contributed by atoms with E-state index in [-0.39, 0.29) is 11.2 Å². The second-order valence-corrected chi connectivity index (χ2v) is 10.6. The molecule has 0 radical (unpaired) electrons. The minimum atomic E-state index is -5.08. The predicted octanol–water partition coefficient (Wildman–Crippen LogP) is 2.86. The summed E-state index contributed by atoms with van der Waals surface area (Å²) in [6, 6.07) is 7.62. The Kier molecular flexibility index (Phi) is 8.21. The van der Waals surface area contributed by atoms with E-state index < -0.39 is 22.2 Å². The normalized spacial score (nSPS) is 21.9. The standard InChI is InChI=1S/C20H26N4O3S.C2HF3O2/c1-15-11-21-20(22-12-15)23-8-6-17-14-24(28(25,26)19(17)7-9-23)13-16-4-3-5-18(10-16)27-2;3-2(4,5)1(6)7/h3-5,10-12,17,19H,6-9,13-14H2,1-2H3;(H,6,7)/t17-,19-;/m1./s1. The number of hydrogen-bond donors (Lipinski definition) is 1. The van der Waals surface area contributed by atoms with Gasteiger partial charge in [0.15, 0.2) is 0 Å². The Morgan fingerprint density at radius 3 is 2.43 bits per heavy atom. The van der Waals surface area contributed by atoms with Crippen LogP contribution in [0.5, 0.6) is 5.75 Å². The van der Waals surface area contributed by atoms with Crippen LogP contribution in [0.1, 0.15) is 24.0 Å². The molecule has 1 aromatic carbocycles. The summed E-state index contributed by atoms with van der Waals surface area (Å²) in [5.41, 5.74) is 1.97. The number of aliphatic carboxylic acids is 1. The largest absolute Gasteiger partial charge is 0.497 e. The highest BCUT2D eigenvalue weighted by molar-refractivity contribution is 7.90. The van der Waals surface area contributed by atoms with Crippen LogP contribution in [0.2, 0.25) is 0 Å². The van der Waals surface area contributed by atoms with E-state index in [4.69, 9.17) is 14.6 Å². The molecule has 0 bridgehead atoms. The summed E-state index contributed by atoms with van der Waals surface area (Å²) in [6.45, 7) is 4.38. The summed E-state index contributed by atoms with van der Waals surface area (Å²) in [4.78, 5) is 19.8. The van der Waals surface area contributed by atoms with Crippen molar-refractivity contribution in [1.82, 2.24) is 14.3 Å². The van der Waals surface area contributed by atoms with Crippen LogP contribution in [0.4, 0.5) is 19.1 Å². The molecule has 0 spiro atoms. The van der Waals surface area contributed by atoms with E-state index in [2.05, 4.69) is 14.9 Å². The van der Waals surface area contributed by atoms with Crippen LogP contribution in [0.25, 0.3) is 0 Å². The lowest BCUT2D eigenvalue weighted by atomic mass is 10.0. The van der Waals surface area contributed by atoms with Crippen molar-refractivity contribution in [2.45, 2.75) is 37.7 Å². The summed E-state index contributed by atoms with van der Waals surface area (Å²) < 4.78 is 65.0. The molecule has 9 nitrogen and oxygen atoms in total. The molecule has 0 amide bonds.